The fraction of sp³-hybridized carbons (Fsp3) is 0.483. The van der Waals surface area contributed by atoms with Crippen LogP contribution in [0.1, 0.15) is 98.0 Å². The van der Waals surface area contributed by atoms with E-state index in [0.717, 1.165) is 11.5 Å². The standard InChI is InChI=1S/C29H42N3P/c1-20(2)23-14-12-15-24(21(3)4)26(23)32-18-17-30-27(32)25-16-11-13-22(31-25)19-33(28(5,6)7)29(8,9)10/h11-21,31H,1-10H3/b22-19+. The van der Waals surface area contributed by atoms with Crippen molar-refractivity contribution in [1.82, 2.24) is 14.9 Å². The van der Waals surface area contributed by atoms with Gasteiger partial charge in [0.15, 0.2) is 5.82 Å². The molecule has 0 saturated heterocycles. The van der Waals surface area contributed by atoms with Gasteiger partial charge in [-0.15, -0.1) is 0 Å². The Labute approximate surface area is 202 Å². The van der Waals surface area contributed by atoms with Crippen molar-refractivity contribution in [2.45, 2.75) is 91.4 Å². The predicted octanol–water partition coefficient (Wildman–Crippen LogP) is 8.54. The zero-order valence-electron chi connectivity index (χ0n) is 22.2. The minimum Gasteiger partial charge on any atom is -0.352 e. The lowest BCUT2D eigenvalue weighted by molar-refractivity contribution is 0.713. The number of dihydropyridines is 1. The number of hydrogen-bond donors (Lipinski definition) is 1. The molecule has 0 aliphatic carbocycles. The first-order valence-corrected chi connectivity index (χ1v) is 13.6. The van der Waals surface area contributed by atoms with Crippen LogP contribution in [0.5, 0.6) is 0 Å². The molecule has 2 aromatic rings. The highest BCUT2D eigenvalue weighted by atomic mass is 31.1. The zero-order valence-corrected chi connectivity index (χ0v) is 23.1. The quantitative estimate of drug-likeness (QED) is 0.450. The van der Waals surface area contributed by atoms with Crippen molar-refractivity contribution in [3.8, 4) is 5.69 Å². The second-order valence-electron chi connectivity index (χ2n) is 11.6. The summed E-state index contributed by atoms with van der Waals surface area (Å²) in [6.45, 7) is 23.2. The van der Waals surface area contributed by atoms with Crippen molar-refractivity contribution in [3.05, 3.63) is 77.3 Å². The monoisotopic (exact) mass is 463 g/mol. The van der Waals surface area contributed by atoms with E-state index in [4.69, 9.17) is 4.98 Å². The predicted molar refractivity (Wildman–Crippen MR) is 147 cm³/mol. The summed E-state index contributed by atoms with van der Waals surface area (Å²) < 4.78 is 2.27. The average molecular weight is 464 g/mol. The Morgan fingerprint density at radius 3 is 2.03 bits per heavy atom. The van der Waals surface area contributed by atoms with E-state index in [1.165, 1.54) is 22.5 Å². The summed E-state index contributed by atoms with van der Waals surface area (Å²) in [6, 6.07) is 6.70. The molecule has 0 spiro atoms. The minimum absolute atomic E-state index is 0.234. The Morgan fingerprint density at radius 2 is 1.52 bits per heavy atom. The van der Waals surface area contributed by atoms with Crippen molar-refractivity contribution in [1.29, 1.82) is 0 Å². The summed E-state index contributed by atoms with van der Waals surface area (Å²) in [7, 11) is -0.351. The van der Waals surface area contributed by atoms with Crippen LogP contribution in [0.2, 0.25) is 0 Å². The van der Waals surface area contributed by atoms with Crippen molar-refractivity contribution in [3.63, 3.8) is 0 Å². The van der Waals surface area contributed by atoms with Crippen molar-refractivity contribution in [2.75, 3.05) is 0 Å². The topological polar surface area (TPSA) is 29.9 Å². The highest BCUT2D eigenvalue weighted by Crippen LogP contribution is 2.60. The number of benzene rings is 1. The van der Waals surface area contributed by atoms with Gasteiger partial charge in [0.05, 0.1) is 11.4 Å². The third-order valence-corrected chi connectivity index (χ3v) is 9.42. The van der Waals surface area contributed by atoms with Gasteiger partial charge in [-0.25, -0.2) is 4.98 Å². The lowest BCUT2D eigenvalue weighted by Gasteiger charge is -2.40. The lowest BCUT2D eigenvalue weighted by Crippen LogP contribution is -2.25. The van der Waals surface area contributed by atoms with E-state index in [9.17, 15) is 0 Å². The molecule has 0 bridgehead atoms. The average Bonchev–Trinajstić information content (AvgIpc) is 3.19. The van der Waals surface area contributed by atoms with Crippen LogP contribution in [-0.4, -0.2) is 19.9 Å². The molecule has 4 heteroatoms. The summed E-state index contributed by atoms with van der Waals surface area (Å²) in [5.74, 6) is 4.28. The van der Waals surface area contributed by atoms with E-state index in [0.29, 0.717) is 11.8 Å². The zero-order chi connectivity index (χ0) is 24.6. The normalized spacial score (nSPS) is 16.2. The molecule has 3 rings (SSSR count). The Balaban J connectivity index is 2.06. The highest BCUT2D eigenvalue weighted by Gasteiger charge is 2.33. The first kappa shape index (κ1) is 25.5. The first-order chi connectivity index (χ1) is 15.3. The van der Waals surface area contributed by atoms with Crippen LogP contribution in [-0.2, 0) is 0 Å². The number of para-hydroxylation sites is 1. The van der Waals surface area contributed by atoms with E-state index in [1.54, 1.807) is 0 Å². The summed E-state index contributed by atoms with van der Waals surface area (Å²) in [6.07, 6.45) is 10.5. The van der Waals surface area contributed by atoms with Gasteiger partial charge in [-0.1, -0.05) is 101 Å². The first-order valence-electron chi connectivity index (χ1n) is 12.1. The summed E-state index contributed by atoms with van der Waals surface area (Å²) in [5, 5.41) is 4.18. The van der Waals surface area contributed by atoms with Crippen LogP contribution in [0.25, 0.3) is 11.4 Å². The Kier molecular flexibility index (Phi) is 7.44. The number of imidazole rings is 1. The molecule has 0 radical (unpaired) electrons. The van der Waals surface area contributed by atoms with Crippen LogP contribution < -0.4 is 5.32 Å². The van der Waals surface area contributed by atoms with Gasteiger partial charge in [-0.05, 0) is 51.2 Å². The molecule has 0 amide bonds. The van der Waals surface area contributed by atoms with Gasteiger partial charge in [0.2, 0.25) is 0 Å². The molecule has 33 heavy (non-hydrogen) atoms. The van der Waals surface area contributed by atoms with E-state index in [1.807, 2.05) is 6.20 Å². The van der Waals surface area contributed by atoms with Gasteiger partial charge in [0, 0.05) is 18.1 Å². The molecule has 1 aromatic carbocycles. The maximum absolute atomic E-state index is 4.80. The van der Waals surface area contributed by atoms with Gasteiger partial charge in [-0.3, -0.25) is 4.57 Å². The number of allylic oxidation sites excluding steroid dienone is 3. The largest absolute Gasteiger partial charge is 0.352 e. The van der Waals surface area contributed by atoms with E-state index in [2.05, 4.69) is 128 Å². The lowest BCUT2D eigenvalue weighted by atomic mass is 9.92. The van der Waals surface area contributed by atoms with Crippen LogP contribution in [0.15, 0.2) is 60.3 Å². The van der Waals surface area contributed by atoms with Gasteiger partial charge < -0.3 is 5.32 Å². The van der Waals surface area contributed by atoms with Gasteiger partial charge in [-0.2, -0.15) is 0 Å². The third-order valence-electron chi connectivity index (χ3n) is 6.00. The summed E-state index contributed by atoms with van der Waals surface area (Å²) in [4.78, 5) is 4.80. The molecule has 1 aliphatic rings. The molecule has 2 heterocycles. The molecular formula is C29H42N3P. The maximum Gasteiger partial charge on any atom is 0.161 e. The smallest absolute Gasteiger partial charge is 0.161 e. The highest BCUT2D eigenvalue weighted by molar-refractivity contribution is 7.64. The SMILES string of the molecule is CC(C)c1cccc(C(C)C)c1-n1ccnc1C1=CC=C/C(=C\P(C(C)(C)C)C(C)(C)C)N1. The molecule has 1 aromatic heterocycles. The van der Waals surface area contributed by atoms with Crippen LogP contribution in [0, 0.1) is 0 Å². The van der Waals surface area contributed by atoms with Crippen molar-refractivity contribution in [2.24, 2.45) is 0 Å². The molecule has 3 nitrogen and oxygen atoms in total. The number of rotatable bonds is 5. The second kappa shape index (κ2) is 9.63. The number of hydrogen-bond acceptors (Lipinski definition) is 2. The van der Waals surface area contributed by atoms with Crippen LogP contribution in [0.3, 0.4) is 0 Å². The van der Waals surface area contributed by atoms with E-state index < -0.39 is 0 Å². The van der Waals surface area contributed by atoms with Gasteiger partial charge >= 0.3 is 0 Å². The maximum atomic E-state index is 4.80. The minimum atomic E-state index is -0.351. The molecule has 178 valence electrons. The van der Waals surface area contributed by atoms with Gasteiger partial charge in [0.1, 0.15) is 0 Å². The van der Waals surface area contributed by atoms with Crippen LogP contribution >= 0.6 is 7.92 Å². The fourth-order valence-corrected chi connectivity index (χ4v) is 7.91. The van der Waals surface area contributed by atoms with Crippen LogP contribution in [0.4, 0.5) is 0 Å². The van der Waals surface area contributed by atoms with Crippen molar-refractivity contribution < 1.29 is 0 Å². The summed E-state index contributed by atoms with van der Waals surface area (Å²) >= 11 is 0. The molecular weight excluding hydrogens is 421 g/mol. The molecule has 0 unspecified atom stereocenters. The number of nitrogens with one attached hydrogen (secondary N) is 1. The molecule has 0 fully saturated rings. The molecule has 1 aliphatic heterocycles. The molecule has 0 atom stereocenters. The van der Waals surface area contributed by atoms with E-state index in [-0.39, 0.29) is 18.2 Å². The Hall–Kier alpha value is -2.12. The fourth-order valence-electron chi connectivity index (χ4n) is 4.70. The Morgan fingerprint density at radius 1 is 0.939 bits per heavy atom. The Bertz CT molecular complexity index is 1030. The molecule has 1 N–H and O–H groups in total. The second-order valence-corrected chi connectivity index (χ2v) is 15.3. The summed E-state index contributed by atoms with van der Waals surface area (Å²) in [5.41, 5.74) is 6.18. The molecule has 0 saturated carbocycles. The third kappa shape index (κ3) is 5.69. The van der Waals surface area contributed by atoms with Gasteiger partial charge in [0.25, 0.3) is 0 Å². The van der Waals surface area contributed by atoms with Crippen molar-refractivity contribution >= 4 is 13.6 Å². The number of nitrogens with zero attached hydrogens (tertiary/aromatic N) is 2. The number of aromatic nitrogens is 2. The van der Waals surface area contributed by atoms with E-state index >= 15 is 0 Å².